The van der Waals surface area contributed by atoms with Crippen molar-refractivity contribution in [2.24, 2.45) is 0 Å². The number of benzene rings is 1. The monoisotopic (exact) mass is 425 g/mol. The van der Waals surface area contributed by atoms with Gasteiger partial charge in [0.05, 0.1) is 11.0 Å². The Morgan fingerprint density at radius 2 is 1.65 bits per heavy atom. The normalized spacial score (nSPS) is 28.7. The van der Waals surface area contributed by atoms with Crippen molar-refractivity contribution in [1.82, 2.24) is 14.7 Å². The Bertz CT molecular complexity index is 760. The SMILES string of the molecule is CC(C)N1CCN([C@H]2CCOC3(CCN(C(=O)C4(c5ccccc5)CC4)CC3)C2)CC1. The highest BCUT2D eigenvalue weighted by Crippen LogP contribution is 2.50. The van der Waals surface area contributed by atoms with Gasteiger partial charge in [-0.2, -0.15) is 0 Å². The van der Waals surface area contributed by atoms with Crippen molar-refractivity contribution in [3.05, 3.63) is 35.9 Å². The Kier molecular flexibility index (Phi) is 5.87. The highest BCUT2D eigenvalue weighted by atomic mass is 16.5. The quantitative estimate of drug-likeness (QED) is 0.742. The van der Waals surface area contributed by atoms with Crippen LogP contribution >= 0.6 is 0 Å². The molecule has 1 aromatic carbocycles. The third-order valence-corrected chi connectivity index (χ3v) is 8.51. The van der Waals surface area contributed by atoms with Crippen LogP contribution in [0.1, 0.15) is 57.9 Å². The fourth-order valence-corrected chi connectivity index (χ4v) is 6.21. The highest BCUT2D eigenvalue weighted by molar-refractivity contribution is 5.91. The Morgan fingerprint density at radius 1 is 0.968 bits per heavy atom. The first-order chi connectivity index (χ1) is 15.0. The number of hydrogen-bond donors (Lipinski definition) is 0. The molecule has 3 heterocycles. The number of rotatable bonds is 4. The smallest absolute Gasteiger partial charge is 0.233 e. The van der Waals surface area contributed by atoms with Gasteiger partial charge in [0.1, 0.15) is 0 Å². The summed E-state index contributed by atoms with van der Waals surface area (Å²) in [6.07, 6.45) is 6.28. The van der Waals surface area contributed by atoms with Gasteiger partial charge in [0.15, 0.2) is 0 Å². The summed E-state index contributed by atoms with van der Waals surface area (Å²) in [5.74, 6) is 0.353. The average Bonchev–Trinajstić information content (AvgIpc) is 3.62. The summed E-state index contributed by atoms with van der Waals surface area (Å²) in [6.45, 7) is 11.9. The number of carbonyl (C=O) groups excluding carboxylic acids is 1. The molecule has 0 bridgehead atoms. The van der Waals surface area contributed by atoms with Crippen LogP contribution in [0, 0.1) is 0 Å². The Balaban J connectivity index is 1.18. The third kappa shape index (κ3) is 4.17. The van der Waals surface area contributed by atoms with E-state index in [4.69, 9.17) is 4.74 Å². The molecule has 0 N–H and O–H groups in total. The van der Waals surface area contributed by atoms with Gasteiger partial charge in [0, 0.05) is 58.0 Å². The van der Waals surface area contributed by atoms with E-state index < -0.39 is 0 Å². The lowest BCUT2D eigenvalue weighted by Gasteiger charge is -2.50. The van der Waals surface area contributed by atoms with Crippen molar-refractivity contribution in [3.8, 4) is 0 Å². The number of nitrogens with zero attached hydrogens (tertiary/aromatic N) is 3. The van der Waals surface area contributed by atoms with E-state index in [0.29, 0.717) is 18.0 Å². The van der Waals surface area contributed by atoms with Gasteiger partial charge in [-0.3, -0.25) is 14.6 Å². The number of piperidine rings is 1. The first kappa shape index (κ1) is 21.4. The molecular weight excluding hydrogens is 386 g/mol. The second kappa shape index (κ2) is 8.49. The van der Waals surface area contributed by atoms with Crippen LogP contribution in [-0.4, -0.2) is 84.2 Å². The van der Waals surface area contributed by atoms with Gasteiger partial charge >= 0.3 is 0 Å². The summed E-state index contributed by atoms with van der Waals surface area (Å²) < 4.78 is 6.43. The van der Waals surface area contributed by atoms with Gasteiger partial charge in [-0.05, 0) is 57.9 Å². The average molecular weight is 426 g/mol. The number of hydrogen-bond acceptors (Lipinski definition) is 4. The van der Waals surface area contributed by atoms with Crippen molar-refractivity contribution in [2.45, 2.75) is 75.5 Å². The number of carbonyl (C=O) groups is 1. The van der Waals surface area contributed by atoms with Crippen molar-refractivity contribution >= 4 is 5.91 Å². The molecule has 0 aromatic heterocycles. The Morgan fingerprint density at radius 3 is 2.26 bits per heavy atom. The predicted molar refractivity (Wildman–Crippen MR) is 123 cm³/mol. The number of likely N-dealkylation sites (tertiary alicyclic amines) is 1. The van der Waals surface area contributed by atoms with Gasteiger partial charge in [0.25, 0.3) is 0 Å². The van der Waals surface area contributed by atoms with Crippen LogP contribution < -0.4 is 0 Å². The van der Waals surface area contributed by atoms with Crippen molar-refractivity contribution in [3.63, 3.8) is 0 Å². The molecular formula is C26H39N3O2. The third-order valence-electron chi connectivity index (χ3n) is 8.51. The van der Waals surface area contributed by atoms with Gasteiger partial charge in [0.2, 0.25) is 5.91 Å². The molecule has 31 heavy (non-hydrogen) atoms. The second-order valence-corrected chi connectivity index (χ2v) is 10.6. The molecule has 0 radical (unpaired) electrons. The molecule has 5 nitrogen and oxygen atoms in total. The van der Waals surface area contributed by atoms with Crippen LogP contribution in [0.25, 0.3) is 0 Å². The zero-order valence-electron chi connectivity index (χ0n) is 19.4. The standard InChI is InChI=1S/C26H39N3O2/c1-21(2)27-15-17-28(18-16-27)23-8-19-31-25(20-23)11-13-29(14-12-25)24(30)26(9-10-26)22-6-4-3-5-7-22/h3-7,21,23H,8-20H2,1-2H3/t23-/m0/s1. The lowest BCUT2D eigenvalue weighted by molar-refractivity contribution is -0.152. The molecule has 5 rings (SSSR count). The van der Waals surface area contributed by atoms with Gasteiger partial charge < -0.3 is 9.64 Å². The maximum atomic E-state index is 13.4. The molecule has 4 aliphatic rings. The maximum Gasteiger partial charge on any atom is 0.233 e. The summed E-state index contributed by atoms with van der Waals surface area (Å²) in [5.41, 5.74) is 0.950. The zero-order valence-corrected chi connectivity index (χ0v) is 19.4. The van der Waals surface area contributed by atoms with Crippen molar-refractivity contribution in [2.75, 3.05) is 45.9 Å². The van der Waals surface area contributed by atoms with Crippen LogP contribution in [0.5, 0.6) is 0 Å². The van der Waals surface area contributed by atoms with E-state index >= 15 is 0 Å². The molecule has 4 fully saturated rings. The molecule has 1 saturated carbocycles. The fourth-order valence-electron chi connectivity index (χ4n) is 6.21. The van der Waals surface area contributed by atoms with Gasteiger partial charge in [-0.1, -0.05) is 30.3 Å². The minimum atomic E-state index is -0.238. The molecule has 0 unspecified atom stereocenters. The molecule has 3 aliphatic heterocycles. The Labute approximate surface area is 187 Å². The summed E-state index contributed by atoms with van der Waals surface area (Å²) in [7, 11) is 0. The highest BCUT2D eigenvalue weighted by Gasteiger charge is 2.54. The Hall–Kier alpha value is -1.43. The molecule has 1 spiro atoms. The largest absolute Gasteiger partial charge is 0.375 e. The summed E-state index contributed by atoms with van der Waals surface area (Å²) >= 11 is 0. The second-order valence-electron chi connectivity index (χ2n) is 10.6. The summed E-state index contributed by atoms with van der Waals surface area (Å²) in [6, 6.07) is 11.7. The topological polar surface area (TPSA) is 36.0 Å². The van der Waals surface area contributed by atoms with E-state index in [1.165, 1.54) is 31.7 Å². The zero-order chi connectivity index (χ0) is 21.5. The van der Waals surface area contributed by atoms with Gasteiger partial charge in [-0.15, -0.1) is 0 Å². The molecule has 170 valence electrons. The molecule has 1 atom stereocenters. The molecule has 1 aromatic rings. The predicted octanol–water partition coefficient (Wildman–Crippen LogP) is 3.28. The van der Waals surface area contributed by atoms with Crippen LogP contribution in [0.15, 0.2) is 30.3 Å². The lowest BCUT2D eigenvalue weighted by Crippen LogP contribution is -2.58. The minimum Gasteiger partial charge on any atom is -0.375 e. The van der Waals surface area contributed by atoms with Crippen LogP contribution in [0.4, 0.5) is 0 Å². The minimum absolute atomic E-state index is 0.0155. The van der Waals surface area contributed by atoms with Crippen molar-refractivity contribution < 1.29 is 9.53 Å². The van der Waals surface area contributed by atoms with E-state index in [2.05, 4.69) is 52.8 Å². The van der Waals surface area contributed by atoms with E-state index in [-0.39, 0.29) is 11.0 Å². The molecule has 1 aliphatic carbocycles. The number of ether oxygens (including phenoxy) is 1. The van der Waals surface area contributed by atoms with Crippen molar-refractivity contribution in [1.29, 1.82) is 0 Å². The van der Waals surface area contributed by atoms with E-state index in [1.54, 1.807) is 0 Å². The first-order valence-corrected chi connectivity index (χ1v) is 12.5. The maximum absolute atomic E-state index is 13.4. The molecule has 1 amide bonds. The molecule has 5 heteroatoms. The summed E-state index contributed by atoms with van der Waals surface area (Å²) in [5, 5.41) is 0. The number of amides is 1. The van der Waals surface area contributed by atoms with E-state index in [1.807, 2.05) is 6.07 Å². The van der Waals surface area contributed by atoms with E-state index in [9.17, 15) is 4.79 Å². The first-order valence-electron chi connectivity index (χ1n) is 12.5. The van der Waals surface area contributed by atoms with E-state index in [0.717, 1.165) is 58.2 Å². The van der Waals surface area contributed by atoms with Crippen LogP contribution in [0.2, 0.25) is 0 Å². The fraction of sp³-hybridized carbons (Fsp3) is 0.731. The van der Waals surface area contributed by atoms with Crippen LogP contribution in [0.3, 0.4) is 0 Å². The summed E-state index contributed by atoms with van der Waals surface area (Å²) in [4.78, 5) is 20.9. The lowest BCUT2D eigenvalue weighted by atomic mass is 9.81. The number of piperazine rings is 1. The van der Waals surface area contributed by atoms with Gasteiger partial charge in [-0.25, -0.2) is 0 Å². The van der Waals surface area contributed by atoms with Crippen LogP contribution in [-0.2, 0) is 14.9 Å². The molecule has 3 saturated heterocycles.